The van der Waals surface area contributed by atoms with Crippen molar-refractivity contribution in [3.05, 3.63) is 63.9 Å². The topological polar surface area (TPSA) is 71.4 Å². The van der Waals surface area contributed by atoms with Gasteiger partial charge in [0.05, 0.1) is 17.1 Å². The first-order valence-corrected chi connectivity index (χ1v) is 12.6. The summed E-state index contributed by atoms with van der Waals surface area (Å²) < 4.78 is 53.6. The Morgan fingerprint density at radius 1 is 1.12 bits per heavy atom. The molecule has 0 unspecified atom stereocenters. The molecule has 1 atom stereocenters. The van der Waals surface area contributed by atoms with Gasteiger partial charge in [-0.2, -0.15) is 0 Å². The van der Waals surface area contributed by atoms with E-state index >= 15 is 0 Å². The Hall–Kier alpha value is -2.94. The molecular formula is C24H27F2N3O3S. The number of nitrogens with zero attached hydrogens (tertiary/aromatic N) is 2. The summed E-state index contributed by atoms with van der Waals surface area (Å²) in [5, 5.41) is 4.42. The van der Waals surface area contributed by atoms with E-state index < -0.39 is 22.3 Å². The third-order valence-corrected chi connectivity index (χ3v) is 7.28. The monoisotopic (exact) mass is 475 g/mol. The van der Waals surface area contributed by atoms with Crippen LogP contribution < -0.4 is 15.8 Å². The normalized spacial score (nSPS) is 16.8. The minimum Gasteiger partial charge on any atom is -0.377 e. The summed E-state index contributed by atoms with van der Waals surface area (Å²) in [6.45, 7) is 3.51. The molecule has 1 aliphatic rings. The summed E-state index contributed by atoms with van der Waals surface area (Å²) in [5.41, 5.74) is 1.87. The summed E-state index contributed by atoms with van der Waals surface area (Å²) in [6.07, 6.45) is 0.905. The lowest BCUT2D eigenvalue weighted by Crippen LogP contribution is -2.31. The van der Waals surface area contributed by atoms with E-state index in [0.29, 0.717) is 22.3 Å². The molecule has 0 spiro atoms. The van der Waals surface area contributed by atoms with Crippen molar-refractivity contribution in [2.75, 3.05) is 29.6 Å². The number of benzene rings is 2. The van der Waals surface area contributed by atoms with Gasteiger partial charge in [0, 0.05) is 37.7 Å². The van der Waals surface area contributed by atoms with Crippen molar-refractivity contribution in [3.63, 3.8) is 0 Å². The molecular weight excluding hydrogens is 448 g/mol. The maximum absolute atomic E-state index is 13.9. The van der Waals surface area contributed by atoms with E-state index in [-0.39, 0.29) is 29.5 Å². The molecule has 3 aromatic rings. The highest BCUT2D eigenvalue weighted by Gasteiger charge is 2.39. The van der Waals surface area contributed by atoms with Crippen LogP contribution in [0.1, 0.15) is 30.5 Å². The zero-order chi connectivity index (χ0) is 24.1. The van der Waals surface area contributed by atoms with Crippen LogP contribution in [0.15, 0.2) is 52.2 Å². The number of anilines is 2. The van der Waals surface area contributed by atoms with E-state index in [4.69, 9.17) is 0 Å². The molecule has 1 saturated heterocycles. The quantitative estimate of drug-likeness (QED) is 0.597. The van der Waals surface area contributed by atoms with E-state index in [9.17, 15) is 22.0 Å². The number of alkyl halides is 2. The number of para-hydroxylation sites is 1. The number of aromatic nitrogens is 1. The fraction of sp³-hybridized carbons (Fsp3) is 0.375. The van der Waals surface area contributed by atoms with Crippen LogP contribution in [0.2, 0.25) is 0 Å². The lowest BCUT2D eigenvalue weighted by atomic mass is 9.97. The van der Waals surface area contributed by atoms with E-state index in [2.05, 4.69) is 5.32 Å². The zero-order valence-corrected chi connectivity index (χ0v) is 19.8. The number of fused-ring (bicyclic) bond motifs is 1. The molecule has 2 aromatic carbocycles. The van der Waals surface area contributed by atoms with Gasteiger partial charge in [0.25, 0.3) is 11.5 Å². The Kier molecular flexibility index (Phi) is 5.72. The van der Waals surface area contributed by atoms with Crippen LogP contribution in [0, 0.1) is 6.92 Å². The first-order chi connectivity index (χ1) is 15.4. The predicted molar refractivity (Wildman–Crippen MR) is 127 cm³/mol. The first kappa shape index (κ1) is 23.2. The number of aryl methyl sites for hydroxylation is 1. The summed E-state index contributed by atoms with van der Waals surface area (Å²) in [5.74, 6) is -2.34. The average molecular weight is 476 g/mol. The highest BCUT2D eigenvalue weighted by atomic mass is 32.2. The Morgan fingerprint density at radius 2 is 1.82 bits per heavy atom. The van der Waals surface area contributed by atoms with E-state index in [1.165, 1.54) is 4.57 Å². The fourth-order valence-electron chi connectivity index (χ4n) is 4.49. The highest BCUT2D eigenvalue weighted by Crippen LogP contribution is 2.34. The molecule has 1 aromatic heterocycles. The second-order valence-corrected chi connectivity index (χ2v) is 10.8. The number of hydrogen-bond acceptors (Lipinski definition) is 5. The number of nitrogens with one attached hydrogen (secondary N) is 1. The molecule has 6 nitrogen and oxygen atoms in total. The Labute approximate surface area is 191 Å². The standard InChI is InChI=1S/C24H27F2N3O3S/c1-15-11-17(16(2)27-20-7-5-6-8-21(20)33(4,31)32)18-13-22(28(3)23(30)19(18)12-15)29-10-9-24(25,26)14-29/h5-8,11-13,16,27H,9-10,14H2,1-4H3/t16-/m1/s1. The molecule has 2 heterocycles. The van der Waals surface area contributed by atoms with Gasteiger partial charge in [-0.3, -0.25) is 9.36 Å². The van der Waals surface area contributed by atoms with Crippen molar-refractivity contribution in [1.29, 1.82) is 0 Å². The number of sulfone groups is 1. The smallest absolute Gasteiger partial charge is 0.266 e. The minimum atomic E-state index is -3.45. The van der Waals surface area contributed by atoms with Crippen molar-refractivity contribution < 1.29 is 17.2 Å². The first-order valence-electron chi connectivity index (χ1n) is 10.7. The molecule has 1 aliphatic heterocycles. The molecule has 0 bridgehead atoms. The Bertz CT molecular complexity index is 1400. The molecule has 1 N–H and O–H groups in total. The van der Waals surface area contributed by atoms with Gasteiger partial charge >= 0.3 is 0 Å². The van der Waals surface area contributed by atoms with Crippen molar-refractivity contribution in [2.45, 2.75) is 37.1 Å². The van der Waals surface area contributed by atoms with E-state index in [0.717, 1.165) is 17.4 Å². The van der Waals surface area contributed by atoms with Crippen molar-refractivity contribution in [2.24, 2.45) is 7.05 Å². The Morgan fingerprint density at radius 3 is 2.45 bits per heavy atom. The highest BCUT2D eigenvalue weighted by molar-refractivity contribution is 7.90. The average Bonchev–Trinajstić information content (AvgIpc) is 3.09. The number of hydrogen-bond donors (Lipinski definition) is 1. The van der Waals surface area contributed by atoms with Gasteiger partial charge in [-0.05, 0) is 54.6 Å². The van der Waals surface area contributed by atoms with Crippen LogP contribution in [0.3, 0.4) is 0 Å². The lowest BCUT2D eigenvalue weighted by molar-refractivity contribution is 0.0256. The summed E-state index contributed by atoms with van der Waals surface area (Å²) in [4.78, 5) is 14.9. The third kappa shape index (κ3) is 4.46. The molecule has 0 amide bonds. The Balaban J connectivity index is 1.84. The van der Waals surface area contributed by atoms with Crippen LogP contribution in [0.4, 0.5) is 20.3 Å². The van der Waals surface area contributed by atoms with Crippen LogP contribution in [0.25, 0.3) is 10.8 Å². The zero-order valence-electron chi connectivity index (χ0n) is 19.0. The van der Waals surface area contributed by atoms with Gasteiger partial charge in [-0.15, -0.1) is 0 Å². The van der Waals surface area contributed by atoms with Crippen LogP contribution >= 0.6 is 0 Å². The number of halogens is 2. The third-order valence-electron chi connectivity index (χ3n) is 6.13. The van der Waals surface area contributed by atoms with Crippen LogP contribution in [-0.4, -0.2) is 38.3 Å². The van der Waals surface area contributed by atoms with Gasteiger partial charge in [-0.1, -0.05) is 18.2 Å². The molecule has 0 radical (unpaired) electrons. The minimum absolute atomic E-state index is 0.169. The van der Waals surface area contributed by atoms with Crippen molar-refractivity contribution in [1.82, 2.24) is 4.57 Å². The molecule has 9 heteroatoms. The SMILES string of the molecule is Cc1cc([C@@H](C)Nc2ccccc2S(C)(=O)=O)c2cc(N3CCC(F)(F)C3)n(C)c(=O)c2c1. The van der Waals surface area contributed by atoms with Gasteiger partial charge in [0.1, 0.15) is 5.82 Å². The number of rotatable bonds is 5. The number of pyridine rings is 1. The molecule has 0 aliphatic carbocycles. The summed E-state index contributed by atoms with van der Waals surface area (Å²) in [6, 6.07) is 11.8. The van der Waals surface area contributed by atoms with Gasteiger partial charge in [0.2, 0.25) is 0 Å². The van der Waals surface area contributed by atoms with E-state index in [1.54, 1.807) is 48.3 Å². The predicted octanol–water partition coefficient (Wildman–Crippen LogP) is 4.27. The maximum Gasteiger partial charge on any atom is 0.266 e. The fourth-order valence-corrected chi connectivity index (χ4v) is 5.34. The lowest BCUT2D eigenvalue weighted by Gasteiger charge is -2.24. The second kappa shape index (κ2) is 8.13. The second-order valence-electron chi connectivity index (χ2n) is 8.84. The molecule has 0 saturated carbocycles. The van der Waals surface area contributed by atoms with Crippen LogP contribution in [0.5, 0.6) is 0 Å². The molecule has 176 valence electrons. The maximum atomic E-state index is 13.9. The summed E-state index contributed by atoms with van der Waals surface area (Å²) in [7, 11) is -1.85. The molecule has 1 fully saturated rings. The molecule has 4 rings (SSSR count). The van der Waals surface area contributed by atoms with Gasteiger partial charge < -0.3 is 10.2 Å². The van der Waals surface area contributed by atoms with E-state index in [1.807, 2.05) is 19.9 Å². The molecule has 33 heavy (non-hydrogen) atoms. The van der Waals surface area contributed by atoms with Gasteiger partial charge in [-0.25, -0.2) is 17.2 Å². The van der Waals surface area contributed by atoms with Crippen molar-refractivity contribution >= 4 is 32.1 Å². The largest absolute Gasteiger partial charge is 0.377 e. The van der Waals surface area contributed by atoms with Crippen LogP contribution in [-0.2, 0) is 16.9 Å². The van der Waals surface area contributed by atoms with Crippen molar-refractivity contribution in [3.8, 4) is 0 Å². The summed E-state index contributed by atoms with van der Waals surface area (Å²) >= 11 is 0. The van der Waals surface area contributed by atoms with Gasteiger partial charge in [0.15, 0.2) is 9.84 Å².